The van der Waals surface area contributed by atoms with Gasteiger partial charge in [-0.3, -0.25) is 9.59 Å². The smallest absolute Gasteiger partial charge is 0.310 e. The highest BCUT2D eigenvalue weighted by atomic mass is 16.6. The van der Waals surface area contributed by atoms with Gasteiger partial charge >= 0.3 is 5.97 Å². The van der Waals surface area contributed by atoms with E-state index in [4.69, 9.17) is 4.74 Å². The molecule has 2 saturated carbocycles. The van der Waals surface area contributed by atoms with Crippen LogP contribution < -0.4 is 5.32 Å². The van der Waals surface area contributed by atoms with Crippen molar-refractivity contribution in [3.63, 3.8) is 0 Å². The fraction of sp³-hybridized carbons (Fsp3) is 0.833. The van der Waals surface area contributed by atoms with Crippen molar-refractivity contribution in [2.24, 2.45) is 23.7 Å². The quantitative estimate of drug-likeness (QED) is 0.717. The SMILES string of the molecule is CCCNC(=O)[C@@H]1[C@H]2C[C@@H]3[C@@H]1C(=O)O[C@@H]3C2. The summed E-state index contributed by atoms with van der Waals surface area (Å²) in [6.07, 6.45) is 2.96. The van der Waals surface area contributed by atoms with Crippen LogP contribution >= 0.6 is 0 Å². The third kappa shape index (κ3) is 1.22. The van der Waals surface area contributed by atoms with Crippen LogP contribution in [0.4, 0.5) is 0 Å². The molecule has 3 rings (SSSR count). The third-order valence-electron chi connectivity index (χ3n) is 4.34. The van der Waals surface area contributed by atoms with Gasteiger partial charge in [0.2, 0.25) is 5.91 Å². The van der Waals surface area contributed by atoms with Gasteiger partial charge in [-0.1, -0.05) is 6.92 Å². The van der Waals surface area contributed by atoms with Crippen molar-refractivity contribution in [3.05, 3.63) is 0 Å². The second-order valence-electron chi connectivity index (χ2n) is 5.21. The van der Waals surface area contributed by atoms with E-state index < -0.39 is 0 Å². The van der Waals surface area contributed by atoms with Crippen LogP contribution in [0.3, 0.4) is 0 Å². The van der Waals surface area contributed by atoms with Gasteiger partial charge in [0.05, 0.1) is 11.8 Å². The largest absolute Gasteiger partial charge is 0.462 e. The molecule has 1 saturated heterocycles. The first kappa shape index (κ1) is 10.1. The minimum absolute atomic E-state index is 0.0663. The van der Waals surface area contributed by atoms with E-state index in [9.17, 15) is 9.59 Å². The molecule has 88 valence electrons. The van der Waals surface area contributed by atoms with Crippen LogP contribution in [0.1, 0.15) is 26.2 Å². The van der Waals surface area contributed by atoms with Gasteiger partial charge in [0.1, 0.15) is 6.10 Å². The number of fused-ring (bicyclic) bond motifs is 1. The first-order chi connectivity index (χ1) is 7.72. The van der Waals surface area contributed by atoms with Crippen molar-refractivity contribution in [1.29, 1.82) is 0 Å². The van der Waals surface area contributed by atoms with Gasteiger partial charge in [-0.15, -0.1) is 0 Å². The number of rotatable bonds is 3. The number of hydrogen-bond acceptors (Lipinski definition) is 3. The van der Waals surface area contributed by atoms with E-state index in [1.54, 1.807) is 0 Å². The number of esters is 1. The average Bonchev–Trinajstić information content (AvgIpc) is 2.85. The lowest BCUT2D eigenvalue weighted by molar-refractivity contribution is -0.146. The summed E-state index contributed by atoms with van der Waals surface area (Å²) in [5, 5.41) is 2.92. The van der Waals surface area contributed by atoms with Gasteiger partial charge in [0.15, 0.2) is 0 Å². The Labute approximate surface area is 94.7 Å². The van der Waals surface area contributed by atoms with E-state index in [2.05, 4.69) is 5.32 Å². The minimum atomic E-state index is -0.138. The Morgan fingerprint density at radius 1 is 1.50 bits per heavy atom. The molecule has 1 heterocycles. The molecule has 0 aromatic carbocycles. The maximum Gasteiger partial charge on any atom is 0.310 e. The lowest BCUT2D eigenvalue weighted by atomic mass is 9.79. The zero-order chi connectivity index (χ0) is 11.3. The first-order valence-electron chi connectivity index (χ1n) is 6.20. The van der Waals surface area contributed by atoms with Gasteiger partial charge in [-0.2, -0.15) is 0 Å². The lowest BCUT2D eigenvalue weighted by Crippen LogP contribution is -2.40. The van der Waals surface area contributed by atoms with E-state index >= 15 is 0 Å². The van der Waals surface area contributed by atoms with Gasteiger partial charge in [0, 0.05) is 12.5 Å². The van der Waals surface area contributed by atoms with Crippen molar-refractivity contribution >= 4 is 11.9 Å². The highest BCUT2D eigenvalue weighted by molar-refractivity contribution is 5.88. The van der Waals surface area contributed by atoms with Crippen LogP contribution in [0.2, 0.25) is 0 Å². The fourth-order valence-electron chi connectivity index (χ4n) is 3.73. The topological polar surface area (TPSA) is 55.4 Å². The first-order valence-corrected chi connectivity index (χ1v) is 6.20. The summed E-state index contributed by atoms with van der Waals surface area (Å²) in [7, 11) is 0. The van der Waals surface area contributed by atoms with Crippen LogP contribution in [0.5, 0.6) is 0 Å². The zero-order valence-corrected chi connectivity index (χ0v) is 9.44. The molecule has 1 amide bonds. The monoisotopic (exact) mass is 223 g/mol. The molecule has 0 spiro atoms. The molecule has 1 aliphatic heterocycles. The summed E-state index contributed by atoms with van der Waals surface area (Å²) in [5.41, 5.74) is 0. The molecule has 5 atom stereocenters. The van der Waals surface area contributed by atoms with Crippen molar-refractivity contribution < 1.29 is 14.3 Å². The molecule has 3 aliphatic rings. The van der Waals surface area contributed by atoms with Crippen LogP contribution in [0, 0.1) is 23.7 Å². The zero-order valence-electron chi connectivity index (χ0n) is 9.44. The Morgan fingerprint density at radius 2 is 2.31 bits per heavy atom. The highest BCUT2D eigenvalue weighted by Gasteiger charge is 2.63. The highest BCUT2D eigenvalue weighted by Crippen LogP contribution is 2.57. The molecule has 1 N–H and O–H groups in total. The van der Waals surface area contributed by atoms with E-state index in [1.165, 1.54) is 0 Å². The number of amides is 1. The summed E-state index contributed by atoms with van der Waals surface area (Å²) in [4.78, 5) is 23.7. The Balaban J connectivity index is 1.77. The Kier molecular flexibility index (Phi) is 2.19. The van der Waals surface area contributed by atoms with Crippen molar-refractivity contribution in [2.75, 3.05) is 6.54 Å². The predicted molar refractivity (Wildman–Crippen MR) is 56.4 cm³/mol. The Morgan fingerprint density at radius 3 is 3.06 bits per heavy atom. The van der Waals surface area contributed by atoms with Crippen LogP contribution in [0.25, 0.3) is 0 Å². The molecule has 2 aliphatic carbocycles. The molecule has 4 nitrogen and oxygen atoms in total. The van der Waals surface area contributed by atoms with Gasteiger partial charge in [-0.25, -0.2) is 0 Å². The molecular formula is C12H17NO3. The van der Waals surface area contributed by atoms with Gasteiger partial charge < -0.3 is 10.1 Å². The lowest BCUT2D eigenvalue weighted by Gasteiger charge is -2.23. The predicted octanol–water partition coefficient (Wildman–Crippen LogP) is 0.710. The second kappa shape index (κ2) is 3.47. The molecule has 0 aromatic heterocycles. The van der Waals surface area contributed by atoms with Crippen molar-refractivity contribution in [1.82, 2.24) is 5.32 Å². The number of carbonyl (C=O) groups is 2. The Hall–Kier alpha value is -1.06. The number of ether oxygens (including phenoxy) is 1. The van der Waals surface area contributed by atoms with Gasteiger partial charge in [-0.05, 0) is 25.2 Å². The molecule has 0 aromatic rings. The summed E-state index contributed by atoms with van der Waals surface area (Å²) in [6.45, 7) is 2.73. The van der Waals surface area contributed by atoms with E-state index in [1.807, 2.05) is 6.92 Å². The molecule has 0 unspecified atom stereocenters. The number of carbonyl (C=O) groups excluding carboxylic acids is 2. The van der Waals surface area contributed by atoms with Gasteiger partial charge in [0.25, 0.3) is 0 Å². The van der Waals surface area contributed by atoms with Crippen molar-refractivity contribution in [2.45, 2.75) is 32.3 Å². The standard InChI is InChI=1S/C12H17NO3/c1-2-3-13-11(14)9-6-4-7-8(5-6)16-12(15)10(7)9/h6-10H,2-5H2,1H3,(H,13,14)/t6-,7-,8+,9+,10-/m0/s1. The second-order valence-corrected chi connectivity index (χ2v) is 5.21. The van der Waals surface area contributed by atoms with Crippen molar-refractivity contribution in [3.8, 4) is 0 Å². The Bertz CT molecular complexity index is 339. The molecule has 0 radical (unpaired) electrons. The molecule has 3 fully saturated rings. The molecular weight excluding hydrogens is 206 g/mol. The number of hydrogen-bond donors (Lipinski definition) is 1. The summed E-state index contributed by atoms with van der Waals surface area (Å²) >= 11 is 0. The summed E-state index contributed by atoms with van der Waals surface area (Å²) in [6, 6.07) is 0. The third-order valence-corrected chi connectivity index (χ3v) is 4.34. The number of nitrogens with one attached hydrogen (secondary N) is 1. The van der Waals surface area contributed by atoms with E-state index in [-0.39, 0.29) is 29.8 Å². The van der Waals surface area contributed by atoms with Crippen LogP contribution in [-0.2, 0) is 14.3 Å². The molecule has 16 heavy (non-hydrogen) atoms. The van der Waals surface area contributed by atoms with E-state index in [0.29, 0.717) is 18.4 Å². The normalized spacial score (nSPS) is 43.6. The maximum absolute atomic E-state index is 12.0. The maximum atomic E-state index is 12.0. The van der Waals surface area contributed by atoms with Crippen LogP contribution in [-0.4, -0.2) is 24.5 Å². The molecule has 2 bridgehead atoms. The average molecular weight is 223 g/mol. The van der Waals surface area contributed by atoms with E-state index in [0.717, 1.165) is 19.3 Å². The van der Waals surface area contributed by atoms with Crippen LogP contribution in [0.15, 0.2) is 0 Å². The fourth-order valence-corrected chi connectivity index (χ4v) is 3.73. The molecule has 4 heteroatoms. The summed E-state index contributed by atoms with van der Waals surface area (Å²) in [5.74, 6) is 0.393. The summed E-state index contributed by atoms with van der Waals surface area (Å²) < 4.78 is 5.31. The minimum Gasteiger partial charge on any atom is -0.462 e.